The molecule has 39 heavy (non-hydrogen) atoms. The van der Waals surface area contributed by atoms with Crippen molar-refractivity contribution in [2.24, 2.45) is 0 Å². The lowest BCUT2D eigenvalue weighted by atomic mass is 9.97. The maximum Gasteiger partial charge on any atom is 0.276 e. The lowest BCUT2D eigenvalue weighted by Gasteiger charge is -2.29. The van der Waals surface area contributed by atoms with E-state index in [0.717, 1.165) is 61.9 Å². The first-order valence-electron chi connectivity index (χ1n) is 13.1. The summed E-state index contributed by atoms with van der Waals surface area (Å²) in [7, 11) is 1.76. The smallest absolute Gasteiger partial charge is 0.276 e. The van der Waals surface area contributed by atoms with E-state index in [9.17, 15) is 4.79 Å². The maximum atomic E-state index is 13.8. The topological polar surface area (TPSA) is 92.8 Å². The quantitative estimate of drug-likeness (QED) is 0.253. The molecule has 1 saturated heterocycles. The average molecular weight is 643 g/mol. The Morgan fingerprint density at radius 1 is 1.10 bits per heavy atom. The van der Waals surface area contributed by atoms with Crippen LogP contribution in [0.15, 0.2) is 30.6 Å². The molecule has 11 heteroatoms. The predicted molar refractivity (Wildman–Crippen MR) is 161 cm³/mol. The highest BCUT2D eigenvalue weighted by molar-refractivity contribution is 14.1. The fourth-order valence-electron chi connectivity index (χ4n) is 5.05. The van der Waals surface area contributed by atoms with E-state index < -0.39 is 0 Å². The van der Waals surface area contributed by atoms with Crippen molar-refractivity contribution in [3.63, 3.8) is 0 Å². The molecule has 0 bridgehead atoms. The number of amides is 1. The van der Waals surface area contributed by atoms with E-state index in [2.05, 4.69) is 89.0 Å². The molecule has 4 heterocycles. The summed E-state index contributed by atoms with van der Waals surface area (Å²) in [6.07, 6.45) is 3.67. The standard InChI is InChI=1S/C28H35IN8O2/c1-17-12-18(2)23(36(30-7)27(38)22-15-31-37(25(22)29)28(4,5)6)14-21(17)20-13-24(34-8-10-39-11-9-34)26-32-19(3)33-35(26)16-20/h12-16,30H,8-11H2,1-7H3. The molecule has 5 rings (SSSR count). The minimum atomic E-state index is -0.233. The molecule has 10 nitrogen and oxygen atoms in total. The van der Waals surface area contributed by atoms with Gasteiger partial charge in [0.15, 0.2) is 5.65 Å². The lowest BCUT2D eigenvalue weighted by Crippen LogP contribution is -2.41. The Morgan fingerprint density at radius 2 is 1.82 bits per heavy atom. The van der Waals surface area contributed by atoms with Gasteiger partial charge >= 0.3 is 0 Å². The van der Waals surface area contributed by atoms with Crippen molar-refractivity contribution in [3.05, 3.63) is 56.8 Å². The zero-order valence-corrected chi connectivity index (χ0v) is 25.7. The SMILES string of the molecule is CNN(C(=O)c1cnn(C(C)(C)C)c1I)c1cc(-c2cc(N3CCOCC3)c3nc(C)nn3c2)c(C)cc1C. The van der Waals surface area contributed by atoms with Gasteiger partial charge in [-0.15, -0.1) is 0 Å². The van der Waals surface area contributed by atoms with Gasteiger partial charge in [-0.05, 0) is 93.0 Å². The summed E-state index contributed by atoms with van der Waals surface area (Å²) in [6, 6.07) is 6.38. The van der Waals surface area contributed by atoms with Crippen molar-refractivity contribution in [2.45, 2.75) is 47.1 Å². The van der Waals surface area contributed by atoms with E-state index >= 15 is 0 Å². The molecule has 4 aromatic rings. The zero-order valence-electron chi connectivity index (χ0n) is 23.5. The Bertz CT molecular complexity index is 1550. The number of ether oxygens (including phenoxy) is 1. The van der Waals surface area contributed by atoms with Gasteiger partial charge in [0.05, 0.1) is 41.9 Å². The second-order valence-electron chi connectivity index (χ2n) is 10.9. The molecule has 0 unspecified atom stereocenters. The van der Waals surface area contributed by atoms with Gasteiger partial charge in [0, 0.05) is 31.9 Å². The van der Waals surface area contributed by atoms with Crippen molar-refractivity contribution >= 4 is 45.5 Å². The second kappa shape index (κ2) is 10.5. The third-order valence-electron chi connectivity index (χ3n) is 6.97. The summed E-state index contributed by atoms with van der Waals surface area (Å²) < 4.78 is 10.1. The van der Waals surface area contributed by atoms with Crippen LogP contribution in [-0.2, 0) is 10.3 Å². The number of carbonyl (C=O) groups excluding carboxylic acids is 1. The maximum absolute atomic E-state index is 13.8. The molecule has 1 aromatic carbocycles. The number of rotatable bonds is 5. The summed E-state index contributed by atoms with van der Waals surface area (Å²) in [4.78, 5) is 20.8. The van der Waals surface area contributed by atoms with Gasteiger partial charge in [0.25, 0.3) is 5.91 Å². The van der Waals surface area contributed by atoms with Gasteiger partial charge in [-0.25, -0.2) is 19.9 Å². The number of benzene rings is 1. The van der Waals surface area contributed by atoms with Crippen LogP contribution < -0.4 is 15.3 Å². The fourth-order valence-corrected chi connectivity index (χ4v) is 6.27. The summed E-state index contributed by atoms with van der Waals surface area (Å²) >= 11 is 2.21. The van der Waals surface area contributed by atoms with Gasteiger partial charge < -0.3 is 9.64 Å². The summed E-state index contributed by atoms with van der Waals surface area (Å²) in [6.45, 7) is 15.2. The Balaban J connectivity index is 1.60. The molecule has 1 fully saturated rings. The number of halogens is 1. The van der Waals surface area contributed by atoms with Crippen LogP contribution in [0.5, 0.6) is 0 Å². The molecule has 3 aromatic heterocycles. The zero-order chi connectivity index (χ0) is 28.1. The Labute approximate surface area is 242 Å². The van der Waals surface area contributed by atoms with Crippen LogP contribution in [0, 0.1) is 24.5 Å². The van der Waals surface area contributed by atoms with Crippen LogP contribution >= 0.6 is 22.6 Å². The van der Waals surface area contributed by atoms with E-state index in [-0.39, 0.29) is 11.4 Å². The number of pyridine rings is 1. The fraction of sp³-hybridized carbons (Fsp3) is 0.429. The van der Waals surface area contributed by atoms with Gasteiger partial charge in [0.1, 0.15) is 9.53 Å². The molecule has 1 N–H and O–H groups in total. The molecule has 0 spiro atoms. The van der Waals surface area contributed by atoms with Crippen molar-refractivity contribution in [1.29, 1.82) is 0 Å². The molecule has 0 atom stereocenters. The molecule has 0 aliphatic carbocycles. The monoisotopic (exact) mass is 642 g/mol. The molecular formula is C28H35IN8O2. The number of hydrogen-bond donors (Lipinski definition) is 1. The summed E-state index contributed by atoms with van der Waals surface area (Å²) in [5.74, 6) is 0.562. The van der Waals surface area contributed by atoms with E-state index in [1.807, 2.05) is 29.2 Å². The number of hydrogen-bond acceptors (Lipinski definition) is 7. The van der Waals surface area contributed by atoms with E-state index in [1.165, 1.54) is 0 Å². The number of fused-ring (bicyclic) bond motifs is 1. The Hall–Kier alpha value is -3.03. The highest BCUT2D eigenvalue weighted by Crippen LogP contribution is 2.35. The van der Waals surface area contributed by atoms with E-state index in [1.54, 1.807) is 18.3 Å². The number of anilines is 2. The number of carbonyl (C=O) groups is 1. The van der Waals surface area contributed by atoms with Crippen LogP contribution in [0.3, 0.4) is 0 Å². The van der Waals surface area contributed by atoms with Crippen molar-refractivity contribution in [1.82, 2.24) is 29.8 Å². The second-order valence-corrected chi connectivity index (χ2v) is 11.9. The Morgan fingerprint density at radius 3 is 2.46 bits per heavy atom. The van der Waals surface area contributed by atoms with Crippen LogP contribution in [0.1, 0.15) is 48.1 Å². The average Bonchev–Trinajstić information content (AvgIpc) is 3.47. The lowest BCUT2D eigenvalue weighted by molar-refractivity contribution is 0.0975. The largest absolute Gasteiger partial charge is 0.378 e. The highest BCUT2D eigenvalue weighted by Gasteiger charge is 2.27. The van der Waals surface area contributed by atoms with Crippen LogP contribution in [0.2, 0.25) is 0 Å². The number of aryl methyl sites for hydroxylation is 3. The molecule has 0 radical (unpaired) electrons. The van der Waals surface area contributed by atoms with Crippen molar-refractivity contribution in [2.75, 3.05) is 43.3 Å². The number of aromatic nitrogens is 5. The molecule has 206 valence electrons. The highest BCUT2D eigenvalue weighted by atomic mass is 127. The first kappa shape index (κ1) is 27.5. The third-order valence-corrected chi connectivity index (χ3v) is 8.01. The molecular weight excluding hydrogens is 607 g/mol. The summed E-state index contributed by atoms with van der Waals surface area (Å²) in [5.41, 5.74) is 10.2. The van der Waals surface area contributed by atoms with Crippen molar-refractivity contribution < 1.29 is 9.53 Å². The van der Waals surface area contributed by atoms with Crippen LogP contribution in [0.4, 0.5) is 11.4 Å². The number of nitrogens with zero attached hydrogens (tertiary/aromatic N) is 7. The molecule has 1 aliphatic heterocycles. The number of hydrazine groups is 1. The minimum absolute atomic E-state index is 0.160. The number of nitrogens with one attached hydrogen (secondary N) is 1. The van der Waals surface area contributed by atoms with E-state index in [0.29, 0.717) is 18.8 Å². The minimum Gasteiger partial charge on any atom is -0.378 e. The van der Waals surface area contributed by atoms with Crippen molar-refractivity contribution in [3.8, 4) is 11.1 Å². The first-order chi connectivity index (χ1) is 18.5. The molecule has 1 aliphatic rings. The van der Waals surface area contributed by atoms with Gasteiger partial charge in [-0.1, -0.05) is 6.07 Å². The third kappa shape index (κ3) is 5.14. The summed E-state index contributed by atoms with van der Waals surface area (Å²) in [5, 5.41) is 10.7. The van der Waals surface area contributed by atoms with Gasteiger partial charge in [-0.2, -0.15) is 10.2 Å². The van der Waals surface area contributed by atoms with E-state index in [4.69, 9.17) is 9.72 Å². The first-order valence-corrected chi connectivity index (χ1v) is 14.1. The van der Waals surface area contributed by atoms with Gasteiger partial charge in [0.2, 0.25) is 0 Å². The predicted octanol–water partition coefficient (Wildman–Crippen LogP) is 4.50. The number of morpholine rings is 1. The van der Waals surface area contributed by atoms with Crippen LogP contribution in [-0.4, -0.2) is 63.6 Å². The van der Waals surface area contributed by atoms with Crippen LogP contribution in [0.25, 0.3) is 16.8 Å². The van der Waals surface area contributed by atoms with Gasteiger partial charge in [-0.3, -0.25) is 9.48 Å². The molecule has 1 amide bonds. The molecule has 0 saturated carbocycles. The normalized spacial score (nSPS) is 14.3. The Kier molecular flexibility index (Phi) is 7.42.